The number of rotatable bonds is 7. The summed E-state index contributed by atoms with van der Waals surface area (Å²) in [5.41, 5.74) is 0.246. The molecular formula is C20H32F3N5. The van der Waals surface area contributed by atoms with Crippen LogP contribution in [0.2, 0.25) is 0 Å². The number of nitrogens with one attached hydrogen (secondary N) is 2. The largest absolute Gasteiger partial charge is 0.416 e. The smallest absolute Gasteiger partial charge is 0.356 e. The van der Waals surface area contributed by atoms with Gasteiger partial charge in [0.1, 0.15) is 0 Å². The minimum absolute atomic E-state index is 0.497. The number of nitrogens with zero attached hydrogens (tertiary/aromatic N) is 3. The Bertz CT molecular complexity index is 607. The first-order chi connectivity index (χ1) is 13.3. The molecule has 1 aliphatic heterocycles. The summed E-state index contributed by atoms with van der Waals surface area (Å²) in [6.45, 7) is 9.18. The van der Waals surface area contributed by atoms with E-state index in [1.807, 2.05) is 0 Å². The lowest BCUT2D eigenvalue weighted by Crippen LogP contribution is -2.47. The van der Waals surface area contributed by atoms with Crippen LogP contribution in [0.3, 0.4) is 0 Å². The molecule has 1 heterocycles. The van der Waals surface area contributed by atoms with E-state index in [1.165, 1.54) is 12.1 Å². The van der Waals surface area contributed by atoms with E-state index in [2.05, 4.69) is 39.4 Å². The number of halogens is 3. The number of aliphatic imine (C=N–C) groups is 1. The standard InChI is InChI=1S/C20H32F3N5/c1-16(15-28-12-10-27(3)11-13-28)14-26-19(24-2)25-9-8-17-4-6-18(7-5-17)20(21,22)23/h4-7,16H,8-15H2,1-3H3,(H2,24,25,26). The number of likely N-dealkylation sites (N-methyl/N-ethyl adjacent to an activating group) is 1. The molecule has 2 rings (SSSR count). The van der Waals surface area contributed by atoms with Crippen molar-refractivity contribution in [2.45, 2.75) is 19.5 Å². The summed E-state index contributed by atoms with van der Waals surface area (Å²) in [4.78, 5) is 9.06. The Labute approximate surface area is 166 Å². The average Bonchev–Trinajstić information content (AvgIpc) is 2.66. The van der Waals surface area contributed by atoms with Crippen LogP contribution in [0.1, 0.15) is 18.1 Å². The molecule has 1 aliphatic rings. The van der Waals surface area contributed by atoms with Gasteiger partial charge in [0.15, 0.2) is 5.96 Å². The second-order valence-corrected chi connectivity index (χ2v) is 7.53. The molecule has 158 valence electrons. The summed E-state index contributed by atoms with van der Waals surface area (Å²) in [7, 11) is 3.88. The van der Waals surface area contributed by atoms with Crippen molar-refractivity contribution in [3.05, 3.63) is 35.4 Å². The van der Waals surface area contributed by atoms with Crippen molar-refractivity contribution in [1.82, 2.24) is 20.4 Å². The van der Waals surface area contributed by atoms with Gasteiger partial charge in [-0.2, -0.15) is 13.2 Å². The molecule has 5 nitrogen and oxygen atoms in total. The molecule has 0 spiro atoms. The molecule has 0 bridgehead atoms. The normalized spacial score (nSPS) is 18.1. The van der Waals surface area contributed by atoms with Gasteiger partial charge in [-0.1, -0.05) is 19.1 Å². The van der Waals surface area contributed by atoms with Crippen molar-refractivity contribution in [3.8, 4) is 0 Å². The van der Waals surface area contributed by atoms with E-state index in [0.717, 1.165) is 62.9 Å². The predicted octanol–water partition coefficient (Wildman–Crippen LogP) is 2.30. The van der Waals surface area contributed by atoms with Crippen molar-refractivity contribution >= 4 is 5.96 Å². The van der Waals surface area contributed by atoms with Crippen molar-refractivity contribution in [3.63, 3.8) is 0 Å². The van der Waals surface area contributed by atoms with Gasteiger partial charge >= 0.3 is 6.18 Å². The summed E-state index contributed by atoms with van der Waals surface area (Å²) >= 11 is 0. The summed E-state index contributed by atoms with van der Waals surface area (Å²) < 4.78 is 37.8. The van der Waals surface area contributed by atoms with Crippen LogP contribution >= 0.6 is 0 Å². The maximum Gasteiger partial charge on any atom is 0.416 e. The third kappa shape index (κ3) is 7.67. The SMILES string of the molecule is CN=C(NCCc1ccc(C(F)(F)F)cc1)NCC(C)CN1CCN(C)CC1. The molecule has 0 amide bonds. The Morgan fingerprint density at radius 3 is 2.32 bits per heavy atom. The lowest BCUT2D eigenvalue weighted by Gasteiger charge is -2.34. The lowest BCUT2D eigenvalue weighted by atomic mass is 10.1. The van der Waals surface area contributed by atoms with Crippen LogP contribution in [0.15, 0.2) is 29.3 Å². The van der Waals surface area contributed by atoms with E-state index in [1.54, 1.807) is 7.05 Å². The summed E-state index contributed by atoms with van der Waals surface area (Å²) in [6, 6.07) is 5.31. The predicted molar refractivity (Wildman–Crippen MR) is 108 cm³/mol. The van der Waals surface area contributed by atoms with Crippen LogP contribution in [-0.4, -0.2) is 75.7 Å². The zero-order valence-electron chi connectivity index (χ0n) is 17.0. The Hall–Kier alpha value is -1.80. The van der Waals surface area contributed by atoms with Crippen molar-refractivity contribution in [2.75, 3.05) is 59.9 Å². The molecule has 0 radical (unpaired) electrons. The highest BCUT2D eigenvalue weighted by molar-refractivity contribution is 5.79. The first-order valence-electron chi connectivity index (χ1n) is 9.79. The number of hydrogen-bond acceptors (Lipinski definition) is 3. The molecule has 1 saturated heterocycles. The fourth-order valence-corrected chi connectivity index (χ4v) is 3.21. The summed E-state index contributed by atoms with van der Waals surface area (Å²) in [5, 5.41) is 6.56. The Kier molecular flexibility index (Phi) is 8.57. The van der Waals surface area contributed by atoms with E-state index >= 15 is 0 Å². The summed E-state index contributed by atoms with van der Waals surface area (Å²) in [5.74, 6) is 1.22. The molecule has 1 aromatic rings. The maximum absolute atomic E-state index is 12.6. The number of alkyl halides is 3. The van der Waals surface area contributed by atoms with Gasteiger partial charge in [0.05, 0.1) is 5.56 Å². The van der Waals surface area contributed by atoms with Crippen LogP contribution in [0, 0.1) is 5.92 Å². The molecule has 2 N–H and O–H groups in total. The minimum atomic E-state index is -4.29. The van der Waals surface area contributed by atoms with Gasteiger partial charge in [-0.15, -0.1) is 0 Å². The monoisotopic (exact) mass is 399 g/mol. The van der Waals surface area contributed by atoms with E-state index in [-0.39, 0.29) is 0 Å². The maximum atomic E-state index is 12.6. The number of hydrogen-bond donors (Lipinski definition) is 2. The van der Waals surface area contributed by atoms with Gasteiger partial charge in [-0.05, 0) is 37.1 Å². The first-order valence-corrected chi connectivity index (χ1v) is 9.79. The molecule has 0 saturated carbocycles. The van der Waals surface area contributed by atoms with E-state index in [4.69, 9.17) is 0 Å². The number of piperazine rings is 1. The Morgan fingerprint density at radius 2 is 1.75 bits per heavy atom. The fraction of sp³-hybridized carbons (Fsp3) is 0.650. The van der Waals surface area contributed by atoms with Crippen LogP contribution in [0.4, 0.5) is 13.2 Å². The average molecular weight is 400 g/mol. The zero-order valence-corrected chi connectivity index (χ0v) is 17.0. The molecule has 0 aliphatic carbocycles. The second kappa shape index (κ2) is 10.7. The first kappa shape index (κ1) is 22.5. The molecular weight excluding hydrogens is 367 g/mol. The van der Waals surface area contributed by atoms with Gasteiger partial charge < -0.3 is 20.4 Å². The van der Waals surface area contributed by atoms with E-state index in [9.17, 15) is 13.2 Å². The molecule has 1 atom stereocenters. The van der Waals surface area contributed by atoms with Crippen molar-refractivity contribution in [1.29, 1.82) is 0 Å². The highest BCUT2D eigenvalue weighted by Crippen LogP contribution is 2.29. The fourth-order valence-electron chi connectivity index (χ4n) is 3.21. The van der Waals surface area contributed by atoms with E-state index < -0.39 is 11.7 Å². The van der Waals surface area contributed by atoms with Gasteiger partial charge in [0, 0.05) is 52.9 Å². The van der Waals surface area contributed by atoms with Crippen molar-refractivity contribution in [2.24, 2.45) is 10.9 Å². The van der Waals surface area contributed by atoms with Crippen LogP contribution < -0.4 is 10.6 Å². The lowest BCUT2D eigenvalue weighted by molar-refractivity contribution is -0.137. The van der Waals surface area contributed by atoms with Crippen LogP contribution in [0.5, 0.6) is 0 Å². The molecule has 1 aromatic carbocycles. The molecule has 1 unspecified atom stereocenters. The van der Waals surface area contributed by atoms with Gasteiger partial charge in [0.25, 0.3) is 0 Å². The molecule has 0 aromatic heterocycles. The highest BCUT2D eigenvalue weighted by atomic mass is 19.4. The number of benzene rings is 1. The van der Waals surface area contributed by atoms with Gasteiger partial charge in [0.2, 0.25) is 0 Å². The van der Waals surface area contributed by atoms with E-state index in [0.29, 0.717) is 18.9 Å². The zero-order chi connectivity index (χ0) is 20.6. The third-order valence-electron chi connectivity index (χ3n) is 4.99. The van der Waals surface area contributed by atoms with Crippen LogP contribution in [0.25, 0.3) is 0 Å². The summed E-state index contributed by atoms with van der Waals surface area (Å²) in [6.07, 6.45) is -3.65. The Morgan fingerprint density at radius 1 is 1.11 bits per heavy atom. The van der Waals surface area contributed by atoms with Gasteiger partial charge in [-0.25, -0.2) is 0 Å². The molecule has 1 fully saturated rings. The second-order valence-electron chi connectivity index (χ2n) is 7.53. The Balaban J connectivity index is 1.67. The molecule has 8 heteroatoms. The van der Waals surface area contributed by atoms with Crippen LogP contribution in [-0.2, 0) is 12.6 Å². The van der Waals surface area contributed by atoms with Gasteiger partial charge in [-0.3, -0.25) is 4.99 Å². The topological polar surface area (TPSA) is 42.9 Å². The quantitative estimate of drug-likeness (QED) is 0.546. The molecule has 28 heavy (non-hydrogen) atoms. The highest BCUT2D eigenvalue weighted by Gasteiger charge is 2.29. The van der Waals surface area contributed by atoms with Crippen molar-refractivity contribution < 1.29 is 13.2 Å². The minimum Gasteiger partial charge on any atom is -0.356 e. The number of guanidine groups is 1. The third-order valence-corrected chi connectivity index (χ3v) is 4.99.